The predicted molar refractivity (Wildman–Crippen MR) is 118 cm³/mol. The van der Waals surface area contributed by atoms with Gasteiger partial charge in [-0.1, -0.05) is 27.7 Å². The van der Waals surface area contributed by atoms with E-state index in [-0.39, 0.29) is 6.61 Å². The van der Waals surface area contributed by atoms with E-state index in [2.05, 4.69) is 44.4 Å². The van der Waals surface area contributed by atoms with Gasteiger partial charge in [-0.05, 0) is 60.7 Å². The Morgan fingerprint density at radius 2 is 1.52 bits per heavy atom. The van der Waals surface area contributed by atoms with Crippen LogP contribution in [-0.4, -0.2) is 11.2 Å². The lowest BCUT2D eigenvalue weighted by Gasteiger charge is -2.15. The highest BCUT2D eigenvalue weighted by molar-refractivity contribution is 5.82. The van der Waals surface area contributed by atoms with Crippen LogP contribution in [0.5, 0.6) is 11.5 Å². The average Bonchev–Trinajstić information content (AvgIpc) is 3.02. The molecule has 168 valence electrons. The van der Waals surface area contributed by atoms with E-state index in [1.165, 1.54) is 12.1 Å². The second-order valence-electron chi connectivity index (χ2n) is 8.70. The molecule has 0 bridgehead atoms. The van der Waals surface area contributed by atoms with Crippen LogP contribution in [0.4, 0.5) is 13.2 Å². The molecule has 0 radical (unpaired) electrons. The number of nitrogens with zero attached hydrogens (tertiary/aromatic N) is 1. The van der Waals surface area contributed by atoms with Crippen LogP contribution in [-0.2, 0) is 19.3 Å². The maximum Gasteiger partial charge on any atom is 0.416 e. The Morgan fingerprint density at radius 3 is 2.13 bits per heavy atom. The Labute approximate surface area is 181 Å². The average molecular weight is 434 g/mol. The van der Waals surface area contributed by atoms with Gasteiger partial charge < -0.3 is 14.0 Å². The molecule has 0 fully saturated rings. The number of rotatable bonds is 9. The van der Waals surface area contributed by atoms with Crippen LogP contribution >= 0.6 is 0 Å². The molecule has 31 heavy (non-hydrogen) atoms. The number of hydrogen-bond acceptors (Lipinski definition) is 2. The molecule has 0 aliphatic rings. The predicted octanol–water partition coefficient (Wildman–Crippen LogP) is 7.32. The number of hydrogen-bond donors (Lipinski definition) is 0. The summed E-state index contributed by atoms with van der Waals surface area (Å²) in [5.74, 6) is 2.26. The zero-order valence-corrected chi connectivity index (χ0v) is 18.5. The van der Waals surface area contributed by atoms with Gasteiger partial charge in [-0.2, -0.15) is 13.2 Å². The van der Waals surface area contributed by atoms with E-state index < -0.39 is 11.7 Å². The molecule has 0 spiro atoms. The molecular weight excluding hydrogens is 403 g/mol. The Kier molecular flexibility index (Phi) is 7.19. The fraction of sp³-hybridized carbons (Fsp3) is 0.440. The molecule has 0 amide bonds. The Hall–Kier alpha value is -2.63. The SMILES string of the molecule is CC(C)CCOc1ccc2cc(COc3ccc(C(F)(F)F)cc3)n(CC(C)C)c2c1. The lowest BCUT2D eigenvalue weighted by atomic mass is 10.1. The standard InChI is InChI=1S/C25H30F3NO2/c1-17(2)11-12-30-23-8-5-19-13-21(29(15-18(3)4)24(19)14-23)16-31-22-9-6-20(7-10-22)25(26,27)28/h5-10,13-14,17-18H,11-12,15-16H2,1-4H3. The van der Waals surface area contributed by atoms with Crippen molar-refractivity contribution in [1.82, 2.24) is 4.57 Å². The van der Waals surface area contributed by atoms with Crippen molar-refractivity contribution >= 4 is 10.9 Å². The summed E-state index contributed by atoms with van der Waals surface area (Å²) >= 11 is 0. The van der Waals surface area contributed by atoms with Crippen molar-refractivity contribution in [1.29, 1.82) is 0 Å². The third kappa shape index (κ3) is 6.18. The second-order valence-corrected chi connectivity index (χ2v) is 8.70. The molecule has 1 aromatic heterocycles. The van der Waals surface area contributed by atoms with E-state index in [1.54, 1.807) is 0 Å². The van der Waals surface area contributed by atoms with Crippen molar-refractivity contribution in [3.8, 4) is 11.5 Å². The van der Waals surface area contributed by atoms with Crippen LogP contribution in [0.3, 0.4) is 0 Å². The van der Waals surface area contributed by atoms with Crippen molar-refractivity contribution in [3.63, 3.8) is 0 Å². The first-order valence-electron chi connectivity index (χ1n) is 10.7. The molecule has 0 saturated heterocycles. The molecule has 1 heterocycles. The summed E-state index contributed by atoms with van der Waals surface area (Å²) in [7, 11) is 0. The molecular formula is C25H30F3NO2. The molecule has 0 aliphatic carbocycles. The first kappa shape index (κ1) is 23.0. The van der Waals surface area contributed by atoms with Gasteiger partial charge in [0.2, 0.25) is 0 Å². The van der Waals surface area contributed by atoms with Gasteiger partial charge in [0.15, 0.2) is 0 Å². The number of ether oxygens (including phenoxy) is 2. The van der Waals surface area contributed by atoms with Crippen molar-refractivity contribution in [2.75, 3.05) is 6.61 Å². The van der Waals surface area contributed by atoms with Crippen molar-refractivity contribution < 1.29 is 22.6 Å². The first-order chi connectivity index (χ1) is 14.6. The molecule has 6 heteroatoms. The summed E-state index contributed by atoms with van der Waals surface area (Å²) < 4.78 is 52.2. The normalized spacial score (nSPS) is 12.2. The zero-order chi connectivity index (χ0) is 22.6. The van der Waals surface area contributed by atoms with Crippen LogP contribution < -0.4 is 9.47 Å². The largest absolute Gasteiger partial charge is 0.494 e. The topological polar surface area (TPSA) is 23.4 Å². The number of alkyl halides is 3. The lowest BCUT2D eigenvalue weighted by Crippen LogP contribution is -2.10. The Morgan fingerprint density at radius 1 is 0.839 bits per heavy atom. The van der Waals surface area contributed by atoms with Gasteiger partial charge in [0.25, 0.3) is 0 Å². The van der Waals surface area contributed by atoms with Crippen molar-refractivity contribution in [3.05, 3.63) is 59.8 Å². The van der Waals surface area contributed by atoms with E-state index in [0.717, 1.165) is 47.4 Å². The minimum absolute atomic E-state index is 0.274. The number of benzene rings is 2. The van der Waals surface area contributed by atoms with Crippen LogP contribution in [0.1, 0.15) is 45.4 Å². The van der Waals surface area contributed by atoms with E-state index >= 15 is 0 Å². The minimum Gasteiger partial charge on any atom is -0.494 e. The van der Waals surface area contributed by atoms with E-state index in [9.17, 15) is 13.2 Å². The van der Waals surface area contributed by atoms with Gasteiger partial charge in [0, 0.05) is 18.0 Å². The van der Waals surface area contributed by atoms with Gasteiger partial charge in [0.05, 0.1) is 23.4 Å². The Bertz CT molecular complexity index is 988. The summed E-state index contributed by atoms with van der Waals surface area (Å²) in [6.45, 7) is 10.4. The van der Waals surface area contributed by atoms with Gasteiger partial charge in [-0.25, -0.2) is 0 Å². The number of aromatic nitrogens is 1. The summed E-state index contributed by atoms with van der Waals surface area (Å²) in [5, 5.41) is 1.09. The summed E-state index contributed by atoms with van der Waals surface area (Å²) in [6.07, 6.45) is -3.35. The lowest BCUT2D eigenvalue weighted by molar-refractivity contribution is -0.137. The minimum atomic E-state index is -4.35. The quantitative estimate of drug-likeness (QED) is 0.353. The molecule has 3 nitrogen and oxygen atoms in total. The van der Waals surface area contributed by atoms with Crippen LogP contribution in [0, 0.1) is 11.8 Å². The highest BCUT2D eigenvalue weighted by Gasteiger charge is 2.30. The van der Waals surface area contributed by atoms with Crippen LogP contribution in [0.25, 0.3) is 10.9 Å². The fourth-order valence-corrected chi connectivity index (χ4v) is 3.39. The first-order valence-corrected chi connectivity index (χ1v) is 10.7. The van der Waals surface area contributed by atoms with Crippen molar-refractivity contribution in [2.24, 2.45) is 11.8 Å². The third-order valence-electron chi connectivity index (χ3n) is 5.04. The Balaban J connectivity index is 1.80. The fourth-order valence-electron chi connectivity index (χ4n) is 3.39. The van der Waals surface area contributed by atoms with Crippen LogP contribution in [0.15, 0.2) is 48.5 Å². The van der Waals surface area contributed by atoms with Gasteiger partial charge in [-0.15, -0.1) is 0 Å². The summed E-state index contributed by atoms with van der Waals surface area (Å²) in [4.78, 5) is 0. The number of fused-ring (bicyclic) bond motifs is 1. The monoisotopic (exact) mass is 433 g/mol. The van der Waals surface area contributed by atoms with Gasteiger partial charge in [-0.3, -0.25) is 0 Å². The molecule has 0 aliphatic heterocycles. The molecule has 0 unspecified atom stereocenters. The molecule has 0 atom stereocenters. The zero-order valence-electron chi connectivity index (χ0n) is 18.5. The van der Waals surface area contributed by atoms with Crippen LogP contribution in [0.2, 0.25) is 0 Å². The summed E-state index contributed by atoms with van der Waals surface area (Å²) in [6, 6.07) is 12.9. The molecule has 2 aromatic carbocycles. The van der Waals surface area contributed by atoms with Gasteiger partial charge in [0.1, 0.15) is 18.1 Å². The van der Waals surface area contributed by atoms with E-state index in [1.807, 2.05) is 12.1 Å². The maximum atomic E-state index is 12.8. The smallest absolute Gasteiger partial charge is 0.416 e. The molecule has 3 aromatic rings. The highest BCUT2D eigenvalue weighted by atomic mass is 19.4. The number of halogens is 3. The molecule has 3 rings (SSSR count). The molecule has 0 N–H and O–H groups in total. The second kappa shape index (κ2) is 9.67. The maximum absolute atomic E-state index is 12.8. The summed E-state index contributed by atoms with van der Waals surface area (Å²) in [5.41, 5.74) is 1.36. The van der Waals surface area contributed by atoms with E-state index in [0.29, 0.717) is 24.2 Å². The van der Waals surface area contributed by atoms with Gasteiger partial charge >= 0.3 is 6.18 Å². The van der Waals surface area contributed by atoms with E-state index in [4.69, 9.17) is 9.47 Å². The third-order valence-corrected chi connectivity index (χ3v) is 5.04. The van der Waals surface area contributed by atoms with Crippen molar-refractivity contribution in [2.45, 2.75) is 53.4 Å². The highest BCUT2D eigenvalue weighted by Crippen LogP contribution is 2.31. The molecule has 0 saturated carbocycles.